The highest BCUT2D eigenvalue weighted by Gasteiger charge is 2.03. The van der Waals surface area contributed by atoms with Gasteiger partial charge in [-0.05, 0) is 24.5 Å². The van der Waals surface area contributed by atoms with Gasteiger partial charge in [-0.2, -0.15) is 10.1 Å². The van der Waals surface area contributed by atoms with Gasteiger partial charge in [0.05, 0.1) is 13.3 Å². The van der Waals surface area contributed by atoms with Gasteiger partial charge in [-0.25, -0.2) is 0 Å². The summed E-state index contributed by atoms with van der Waals surface area (Å²) >= 11 is 0. The average Bonchev–Trinajstić information content (AvgIpc) is 2.56. The number of methoxy groups -OCH3 is 1. The topological polar surface area (TPSA) is 72.0 Å². The Morgan fingerprint density at radius 3 is 2.82 bits per heavy atom. The number of benzene rings is 1. The Morgan fingerprint density at radius 1 is 1.14 bits per heavy atom. The summed E-state index contributed by atoms with van der Waals surface area (Å²) in [6, 6.07) is 8.02. The number of rotatable bonds is 9. The van der Waals surface area contributed by atoms with E-state index in [1.54, 1.807) is 13.3 Å². The maximum Gasteiger partial charge on any atom is 0.244 e. The van der Waals surface area contributed by atoms with E-state index in [2.05, 4.69) is 38.8 Å². The van der Waals surface area contributed by atoms with Crippen molar-refractivity contribution in [1.82, 2.24) is 15.2 Å². The van der Waals surface area contributed by atoms with E-state index in [1.807, 2.05) is 18.2 Å². The van der Waals surface area contributed by atoms with Crippen molar-refractivity contribution in [2.45, 2.75) is 26.2 Å². The molecule has 6 heteroatoms. The number of unbranched alkanes of at least 4 members (excludes halogenated alkanes) is 1. The summed E-state index contributed by atoms with van der Waals surface area (Å²) in [6.07, 6.45) is 4.71. The summed E-state index contributed by atoms with van der Waals surface area (Å²) in [5.41, 5.74) is 1.17. The maximum absolute atomic E-state index is 5.35. The zero-order chi connectivity index (χ0) is 15.6. The van der Waals surface area contributed by atoms with E-state index in [9.17, 15) is 0 Å². The molecule has 2 aromatic rings. The van der Waals surface area contributed by atoms with Gasteiger partial charge < -0.3 is 15.4 Å². The molecule has 0 aliphatic carbocycles. The third kappa shape index (κ3) is 4.87. The van der Waals surface area contributed by atoms with Crippen LogP contribution in [0.4, 0.5) is 11.8 Å². The molecule has 22 heavy (non-hydrogen) atoms. The summed E-state index contributed by atoms with van der Waals surface area (Å²) < 4.78 is 5.35. The highest BCUT2D eigenvalue weighted by atomic mass is 16.5. The lowest BCUT2D eigenvalue weighted by atomic mass is 10.1. The Labute approximate surface area is 131 Å². The molecule has 0 saturated carbocycles. The molecular weight excluding hydrogens is 278 g/mol. The molecule has 0 atom stereocenters. The Balaban J connectivity index is 1.85. The number of hydrogen-bond acceptors (Lipinski definition) is 6. The highest BCUT2D eigenvalue weighted by Crippen LogP contribution is 2.17. The number of nitrogens with zero attached hydrogens (tertiary/aromatic N) is 3. The first-order chi connectivity index (χ1) is 10.8. The molecule has 2 N–H and O–H groups in total. The Morgan fingerprint density at radius 2 is 2.00 bits per heavy atom. The molecule has 0 aliphatic heterocycles. The van der Waals surface area contributed by atoms with Crippen LogP contribution in [0.3, 0.4) is 0 Å². The molecule has 0 amide bonds. The lowest BCUT2D eigenvalue weighted by Crippen LogP contribution is -2.11. The molecule has 1 aromatic carbocycles. The van der Waals surface area contributed by atoms with Gasteiger partial charge in [-0.3, -0.25) is 0 Å². The van der Waals surface area contributed by atoms with Crippen LogP contribution in [0.5, 0.6) is 5.75 Å². The molecule has 1 heterocycles. The largest absolute Gasteiger partial charge is 0.496 e. The van der Waals surface area contributed by atoms with Crippen LogP contribution < -0.4 is 15.4 Å². The predicted octanol–water partition coefficient (Wildman–Crippen LogP) is 2.75. The first-order valence-corrected chi connectivity index (χ1v) is 7.63. The van der Waals surface area contributed by atoms with Crippen LogP contribution in [-0.4, -0.2) is 35.4 Å². The molecule has 0 spiro atoms. The number of anilines is 2. The Kier molecular flexibility index (Phi) is 6.41. The van der Waals surface area contributed by atoms with Crippen LogP contribution in [0.15, 0.2) is 30.5 Å². The van der Waals surface area contributed by atoms with Gasteiger partial charge in [-0.1, -0.05) is 31.5 Å². The van der Waals surface area contributed by atoms with E-state index in [1.165, 1.54) is 5.56 Å². The number of nitrogens with one attached hydrogen (secondary N) is 2. The summed E-state index contributed by atoms with van der Waals surface area (Å²) in [5.74, 6) is 2.20. The lowest BCUT2D eigenvalue weighted by molar-refractivity contribution is 0.410. The van der Waals surface area contributed by atoms with Gasteiger partial charge in [-0.15, -0.1) is 5.10 Å². The number of hydrogen-bond donors (Lipinski definition) is 2. The normalized spacial score (nSPS) is 10.3. The minimum Gasteiger partial charge on any atom is -0.496 e. The second-order valence-corrected chi connectivity index (χ2v) is 4.93. The SMILES string of the molecule is CCCCNc1nncc(NCCc2ccccc2OC)n1. The Hall–Kier alpha value is -2.37. The fourth-order valence-corrected chi connectivity index (χ4v) is 2.08. The fraction of sp³-hybridized carbons (Fsp3) is 0.438. The van der Waals surface area contributed by atoms with Crippen LogP contribution in [0, 0.1) is 0 Å². The lowest BCUT2D eigenvalue weighted by Gasteiger charge is -2.09. The molecule has 118 valence electrons. The molecule has 0 saturated heterocycles. The van der Waals surface area contributed by atoms with Crippen molar-refractivity contribution in [2.24, 2.45) is 0 Å². The van der Waals surface area contributed by atoms with Gasteiger partial charge in [0.15, 0.2) is 5.82 Å². The molecule has 0 aliphatic rings. The zero-order valence-corrected chi connectivity index (χ0v) is 13.2. The highest BCUT2D eigenvalue weighted by molar-refractivity contribution is 5.38. The van der Waals surface area contributed by atoms with Crippen molar-refractivity contribution in [3.05, 3.63) is 36.0 Å². The van der Waals surface area contributed by atoms with E-state index >= 15 is 0 Å². The quantitative estimate of drug-likeness (QED) is 0.694. The van der Waals surface area contributed by atoms with Crippen molar-refractivity contribution in [1.29, 1.82) is 0 Å². The third-order valence-electron chi connectivity index (χ3n) is 3.27. The number of ether oxygens (including phenoxy) is 1. The van der Waals surface area contributed by atoms with Crippen molar-refractivity contribution >= 4 is 11.8 Å². The van der Waals surface area contributed by atoms with Crippen molar-refractivity contribution in [2.75, 3.05) is 30.8 Å². The van der Waals surface area contributed by atoms with Gasteiger partial charge in [0, 0.05) is 13.1 Å². The van der Waals surface area contributed by atoms with Crippen molar-refractivity contribution in [3.8, 4) is 5.75 Å². The van der Waals surface area contributed by atoms with Crippen LogP contribution in [0.25, 0.3) is 0 Å². The third-order valence-corrected chi connectivity index (χ3v) is 3.27. The zero-order valence-electron chi connectivity index (χ0n) is 13.2. The molecule has 6 nitrogen and oxygen atoms in total. The fourth-order valence-electron chi connectivity index (χ4n) is 2.08. The van der Waals surface area contributed by atoms with Gasteiger partial charge >= 0.3 is 0 Å². The molecule has 0 radical (unpaired) electrons. The average molecular weight is 301 g/mol. The van der Waals surface area contributed by atoms with Crippen LogP contribution in [0.1, 0.15) is 25.3 Å². The first-order valence-electron chi connectivity index (χ1n) is 7.63. The van der Waals surface area contributed by atoms with E-state index in [0.29, 0.717) is 5.95 Å². The van der Waals surface area contributed by atoms with Gasteiger partial charge in [0.1, 0.15) is 5.75 Å². The summed E-state index contributed by atoms with van der Waals surface area (Å²) in [6.45, 7) is 3.77. The van der Waals surface area contributed by atoms with E-state index in [-0.39, 0.29) is 0 Å². The smallest absolute Gasteiger partial charge is 0.244 e. The minimum atomic E-state index is 0.566. The van der Waals surface area contributed by atoms with Crippen LogP contribution in [0.2, 0.25) is 0 Å². The summed E-state index contributed by atoms with van der Waals surface area (Å²) in [5, 5.41) is 14.4. The van der Waals surface area contributed by atoms with E-state index in [0.717, 1.165) is 43.9 Å². The molecule has 2 rings (SSSR count). The first kappa shape index (κ1) is 16.0. The minimum absolute atomic E-state index is 0.566. The standard InChI is InChI=1S/C16H23N5O/c1-3-4-10-18-16-20-15(12-19-21-16)17-11-9-13-7-5-6-8-14(13)22-2/h5-8,12H,3-4,9-11H2,1-2H3,(H2,17,18,20,21). The van der Waals surface area contributed by atoms with E-state index in [4.69, 9.17) is 4.74 Å². The molecule has 0 fully saturated rings. The second kappa shape index (κ2) is 8.81. The summed E-state index contributed by atoms with van der Waals surface area (Å²) in [7, 11) is 1.69. The monoisotopic (exact) mass is 301 g/mol. The number of para-hydroxylation sites is 1. The number of aromatic nitrogens is 3. The summed E-state index contributed by atoms with van der Waals surface area (Å²) in [4.78, 5) is 4.39. The molecule has 0 bridgehead atoms. The van der Waals surface area contributed by atoms with Crippen LogP contribution in [-0.2, 0) is 6.42 Å². The Bertz CT molecular complexity index is 576. The van der Waals surface area contributed by atoms with Gasteiger partial charge in [0.2, 0.25) is 5.95 Å². The van der Waals surface area contributed by atoms with Crippen molar-refractivity contribution in [3.63, 3.8) is 0 Å². The maximum atomic E-state index is 5.35. The molecule has 0 unspecified atom stereocenters. The van der Waals surface area contributed by atoms with E-state index < -0.39 is 0 Å². The molecular formula is C16H23N5O. The van der Waals surface area contributed by atoms with Gasteiger partial charge in [0.25, 0.3) is 0 Å². The van der Waals surface area contributed by atoms with Crippen molar-refractivity contribution < 1.29 is 4.74 Å². The van der Waals surface area contributed by atoms with Crippen LogP contribution >= 0.6 is 0 Å². The molecule has 1 aromatic heterocycles. The predicted molar refractivity (Wildman–Crippen MR) is 88.4 cm³/mol. The second-order valence-electron chi connectivity index (χ2n) is 4.93.